The van der Waals surface area contributed by atoms with Gasteiger partial charge in [0.1, 0.15) is 11.5 Å². The maximum Gasteiger partial charge on any atom is 0.319 e. The van der Waals surface area contributed by atoms with Crippen LogP contribution in [0, 0.1) is 6.92 Å². The fourth-order valence-electron chi connectivity index (χ4n) is 3.43. The number of carbonyl (C=O) groups is 2. The summed E-state index contributed by atoms with van der Waals surface area (Å²) in [5, 5.41) is 24.3. The van der Waals surface area contributed by atoms with Gasteiger partial charge in [-0.1, -0.05) is 24.3 Å². The Hall–Kier alpha value is -4.27. The van der Waals surface area contributed by atoms with Crippen LogP contribution in [0.25, 0.3) is 11.1 Å². The van der Waals surface area contributed by atoms with Crippen LogP contribution in [0.4, 0.5) is 10.5 Å². The maximum atomic E-state index is 12.6. The molecular weight excluding hydrogens is 426 g/mol. The van der Waals surface area contributed by atoms with Crippen LogP contribution in [0.3, 0.4) is 0 Å². The molecule has 0 saturated carbocycles. The minimum absolute atomic E-state index is 0.299. The molecule has 2 amide bonds. The number of carbonyl (C=O) groups excluding carboxylic acids is 1. The average molecular weight is 451 g/mol. The average Bonchev–Trinajstić information content (AvgIpc) is 2.79. The monoisotopic (exact) mass is 451 g/mol. The fraction of sp³-hybridized carbons (Fsp3) is 0.208. The smallest absolute Gasteiger partial charge is 0.319 e. The highest BCUT2D eigenvalue weighted by Gasteiger charge is 2.21. The molecule has 0 radical (unpaired) electrons. The molecule has 0 spiro atoms. The number of aliphatic carboxylic acids is 1. The zero-order chi connectivity index (χ0) is 24.1. The van der Waals surface area contributed by atoms with Crippen LogP contribution >= 0.6 is 0 Å². The number of benzene rings is 2. The zero-order valence-corrected chi connectivity index (χ0v) is 18.5. The Balaban J connectivity index is 1.92. The predicted molar refractivity (Wildman–Crippen MR) is 124 cm³/mol. The van der Waals surface area contributed by atoms with E-state index in [0.29, 0.717) is 11.3 Å². The number of aromatic hydroxyl groups is 1. The first-order valence-corrected chi connectivity index (χ1v) is 10.1. The SMILES string of the molecule is COc1cccc(-c2cc([C@H](CC(=O)O)NC(=O)Nc3c(O)ccn(C)c3=O)ccc2C)c1. The van der Waals surface area contributed by atoms with E-state index in [4.69, 9.17) is 4.74 Å². The molecule has 1 atom stereocenters. The Bertz CT molecular complexity index is 1250. The summed E-state index contributed by atoms with van der Waals surface area (Å²) >= 11 is 0. The van der Waals surface area contributed by atoms with E-state index >= 15 is 0 Å². The standard InChI is InChI=1S/C24H25N3O6/c1-14-7-8-16(12-18(14)15-5-4-6-17(11-15)33-3)19(13-21(29)30)25-24(32)26-22-20(28)9-10-27(2)23(22)31/h4-12,19,28H,13H2,1-3H3,(H,29,30)(H2,25,26,32)/t19-/m0/s1. The number of urea groups is 1. The Morgan fingerprint density at radius 2 is 1.91 bits per heavy atom. The third kappa shape index (κ3) is 5.51. The first-order chi connectivity index (χ1) is 15.7. The quantitative estimate of drug-likeness (QED) is 0.436. The first-order valence-electron chi connectivity index (χ1n) is 10.1. The number of methoxy groups -OCH3 is 1. The molecule has 0 bridgehead atoms. The van der Waals surface area contributed by atoms with E-state index in [9.17, 15) is 24.6 Å². The van der Waals surface area contributed by atoms with Crippen molar-refractivity contribution in [2.45, 2.75) is 19.4 Å². The summed E-state index contributed by atoms with van der Waals surface area (Å²) < 4.78 is 6.49. The normalized spacial score (nSPS) is 11.5. The van der Waals surface area contributed by atoms with Crippen LogP contribution in [-0.4, -0.2) is 33.9 Å². The van der Waals surface area contributed by atoms with Crippen LogP contribution in [0.5, 0.6) is 11.5 Å². The number of carboxylic acid groups (broad SMARTS) is 1. The van der Waals surface area contributed by atoms with Gasteiger partial charge >= 0.3 is 12.0 Å². The number of carboxylic acids is 1. The number of nitrogens with one attached hydrogen (secondary N) is 2. The van der Waals surface area contributed by atoms with Gasteiger partial charge in [-0.3, -0.25) is 9.59 Å². The van der Waals surface area contributed by atoms with Crippen LogP contribution in [-0.2, 0) is 11.8 Å². The molecule has 33 heavy (non-hydrogen) atoms. The Labute approximate surface area is 190 Å². The number of anilines is 1. The summed E-state index contributed by atoms with van der Waals surface area (Å²) in [6.07, 6.45) is 0.979. The van der Waals surface area contributed by atoms with Crippen molar-refractivity contribution in [3.8, 4) is 22.6 Å². The third-order valence-electron chi connectivity index (χ3n) is 5.21. The molecule has 172 valence electrons. The lowest BCUT2D eigenvalue weighted by molar-refractivity contribution is -0.137. The highest BCUT2D eigenvalue weighted by molar-refractivity contribution is 5.91. The van der Waals surface area contributed by atoms with Crippen molar-refractivity contribution in [1.82, 2.24) is 9.88 Å². The molecule has 0 saturated heterocycles. The van der Waals surface area contributed by atoms with E-state index < -0.39 is 29.4 Å². The molecule has 9 heteroatoms. The van der Waals surface area contributed by atoms with Gasteiger partial charge in [0.2, 0.25) is 0 Å². The molecule has 0 unspecified atom stereocenters. The van der Waals surface area contributed by atoms with Crippen molar-refractivity contribution in [1.29, 1.82) is 0 Å². The summed E-state index contributed by atoms with van der Waals surface area (Å²) in [6.45, 7) is 1.93. The van der Waals surface area contributed by atoms with Gasteiger partial charge in [0.05, 0.1) is 19.6 Å². The number of hydrogen-bond acceptors (Lipinski definition) is 5. The number of amides is 2. The second-order valence-corrected chi connectivity index (χ2v) is 7.55. The lowest BCUT2D eigenvalue weighted by atomic mass is 9.94. The van der Waals surface area contributed by atoms with Gasteiger partial charge in [0, 0.05) is 13.2 Å². The van der Waals surface area contributed by atoms with Gasteiger partial charge in [-0.15, -0.1) is 0 Å². The van der Waals surface area contributed by atoms with Gasteiger partial charge < -0.3 is 30.2 Å². The van der Waals surface area contributed by atoms with Gasteiger partial charge in [-0.25, -0.2) is 4.79 Å². The van der Waals surface area contributed by atoms with Crippen molar-refractivity contribution in [3.05, 3.63) is 76.2 Å². The van der Waals surface area contributed by atoms with Crippen LogP contribution in [0.15, 0.2) is 59.5 Å². The number of ether oxygens (including phenoxy) is 1. The molecule has 0 aliphatic carbocycles. The molecule has 3 aromatic rings. The van der Waals surface area contributed by atoms with Gasteiger partial charge in [0.15, 0.2) is 5.69 Å². The van der Waals surface area contributed by atoms with Crippen LogP contribution in [0.2, 0.25) is 0 Å². The molecule has 3 rings (SSSR count). The number of aromatic nitrogens is 1. The summed E-state index contributed by atoms with van der Waals surface area (Å²) in [5.41, 5.74) is 2.37. The fourth-order valence-corrected chi connectivity index (χ4v) is 3.43. The van der Waals surface area contributed by atoms with Crippen molar-refractivity contribution < 1.29 is 24.5 Å². The minimum Gasteiger partial charge on any atom is -0.505 e. The molecule has 0 fully saturated rings. The Kier molecular flexibility index (Phi) is 7.02. The first kappa shape index (κ1) is 23.4. The maximum absolute atomic E-state index is 12.6. The lowest BCUT2D eigenvalue weighted by Crippen LogP contribution is -2.36. The predicted octanol–water partition coefficient (Wildman–Crippen LogP) is 3.41. The Morgan fingerprint density at radius 1 is 1.15 bits per heavy atom. The lowest BCUT2D eigenvalue weighted by Gasteiger charge is -2.20. The van der Waals surface area contributed by atoms with Crippen molar-refractivity contribution in [2.75, 3.05) is 12.4 Å². The number of hydrogen-bond donors (Lipinski definition) is 4. The van der Waals surface area contributed by atoms with E-state index in [-0.39, 0.29) is 12.1 Å². The number of pyridine rings is 1. The van der Waals surface area contributed by atoms with Crippen molar-refractivity contribution in [3.63, 3.8) is 0 Å². The van der Waals surface area contributed by atoms with E-state index in [1.54, 1.807) is 13.2 Å². The summed E-state index contributed by atoms with van der Waals surface area (Å²) in [6, 6.07) is 12.4. The molecule has 0 aliphatic heterocycles. The zero-order valence-electron chi connectivity index (χ0n) is 18.5. The highest BCUT2D eigenvalue weighted by Crippen LogP contribution is 2.30. The van der Waals surface area contributed by atoms with Gasteiger partial charge in [-0.2, -0.15) is 0 Å². The minimum atomic E-state index is -1.11. The molecule has 2 aromatic carbocycles. The Morgan fingerprint density at radius 3 is 2.61 bits per heavy atom. The topological polar surface area (TPSA) is 130 Å². The third-order valence-corrected chi connectivity index (χ3v) is 5.21. The van der Waals surface area contributed by atoms with Crippen LogP contribution in [0.1, 0.15) is 23.6 Å². The second-order valence-electron chi connectivity index (χ2n) is 7.55. The van der Waals surface area contributed by atoms with E-state index in [2.05, 4.69) is 10.6 Å². The summed E-state index contributed by atoms with van der Waals surface area (Å²) in [5.74, 6) is -0.817. The van der Waals surface area contributed by atoms with E-state index in [1.165, 1.54) is 23.9 Å². The van der Waals surface area contributed by atoms with Crippen LogP contribution < -0.4 is 20.9 Å². The molecule has 1 heterocycles. The molecule has 4 N–H and O–H groups in total. The molecular formula is C24H25N3O6. The molecule has 1 aromatic heterocycles. The summed E-state index contributed by atoms with van der Waals surface area (Å²) in [4.78, 5) is 36.3. The van der Waals surface area contributed by atoms with Gasteiger partial charge in [0.25, 0.3) is 5.56 Å². The number of aryl methyl sites for hydroxylation is 2. The number of rotatable bonds is 7. The van der Waals surface area contributed by atoms with Crippen molar-refractivity contribution in [2.24, 2.45) is 7.05 Å². The highest BCUT2D eigenvalue weighted by atomic mass is 16.5. The number of nitrogens with zero attached hydrogens (tertiary/aromatic N) is 1. The van der Waals surface area contributed by atoms with Crippen molar-refractivity contribution >= 4 is 17.7 Å². The van der Waals surface area contributed by atoms with E-state index in [0.717, 1.165) is 16.7 Å². The second kappa shape index (κ2) is 9.90. The van der Waals surface area contributed by atoms with E-state index in [1.807, 2.05) is 43.3 Å². The molecule has 0 aliphatic rings. The largest absolute Gasteiger partial charge is 0.505 e. The summed E-state index contributed by atoms with van der Waals surface area (Å²) in [7, 11) is 3.05. The van der Waals surface area contributed by atoms with Gasteiger partial charge in [-0.05, 0) is 53.4 Å². The molecule has 9 nitrogen and oxygen atoms in total.